The zero-order valence-corrected chi connectivity index (χ0v) is 15.1. The standard InChI is InChI=1S/C18H18ClN3O4/c1-12-5-7-13(8-6-12)21-15(23)10-22(2)16(24)11-26-18(25)14-4-3-9-20-17(14)19/h3-9H,10-11H2,1-2H3,(H,21,23). The topological polar surface area (TPSA) is 88.6 Å². The number of nitrogens with one attached hydrogen (secondary N) is 1. The molecule has 0 fully saturated rings. The average Bonchev–Trinajstić information content (AvgIpc) is 2.61. The largest absolute Gasteiger partial charge is 0.452 e. The molecule has 8 heteroatoms. The molecular weight excluding hydrogens is 358 g/mol. The van der Waals surface area contributed by atoms with Crippen LogP contribution in [0.25, 0.3) is 0 Å². The number of hydrogen-bond acceptors (Lipinski definition) is 5. The monoisotopic (exact) mass is 375 g/mol. The van der Waals surface area contributed by atoms with Crippen LogP contribution in [-0.2, 0) is 14.3 Å². The number of halogens is 1. The summed E-state index contributed by atoms with van der Waals surface area (Å²) < 4.78 is 4.92. The van der Waals surface area contributed by atoms with E-state index in [4.69, 9.17) is 16.3 Å². The van der Waals surface area contributed by atoms with E-state index in [-0.39, 0.29) is 23.2 Å². The van der Waals surface area contributed by atoms with Crippen molar-refractivity contribution >= 4 is 35.1 Å². The Kier molecular flexibility index (Phi) is 6.68. The quantitative estimate of drug-likeness (QED) is 0.618. The van der Waals surface area contributed by atoms with Crippen LogP contribution in [0.4, 0.5) is 5.69 Å². The molecule has 136 valence electrons. The van der Waals surface area contributed by atoms with Gasteiger partial charge in [0.05, 0.1) is 12.1 Å². The van der Waals surface area contributed by atoms with Gasteiger partial charge in [-0.15, -0.1) is 0 Å². The van der Waals surface area contributed by atoms with E-state index < -0.39 is 18.5 Å². The van der Waals surface area contributed by atoms with E-state index in [9.17, 15) is 14.4 Å². The molecule has 0 bridgehead atoms. The number of benzene rings is 1. The summed E-state index contributed by atoms with van der Waals surface area (Å²) >= 11 is 5.79. The van der Waals surface area contributed by atoms with E-state index in [1.165, 1.54) is 30.3 Å². The summed E-state index contributed by atoms with van der Waals surface area (Å²) in [5.41, 5.74) is 1.78. The fourth-order valence-corrected chi connectivity index (χ4v) is 2.19. The number of carbonyl (C=O) groups is 3. The van der Waals surface area contributed by atoms with Crippen LogP contribution in [0.3, 0.4) is 0 Å². The number of aromatic nitrogens is 1. The van der Waals surface area contributed by atoms with Gasteiger partial charge in [0.25, 0.3) is 5.91 Å². The zero-order chi connectivity index (χ0) is 19.1. The van der Waals surface area contributed by atoms with Crippen molar-refractivity contribution in [2.75, 3.05) is 25.5 Å². The molecule has 1 heterocycles. The smallest absolute Gasteiger partial charge is 0.341 e. The molecule has 0 spiro atoms. The molecule has 2 amide bonds. The number of anilines is 1. The van der Waals surface area contributed by atoms with Gasteiger partial charge in [-0.05, 0) is 31.2 Å². The van der Waals surface area contributed by atoms with Crippen LogP contribution in [0, 0.1) is 6.92 Å². The maximum Gasteiger partial charge on any atom is 0.341 e. The molecule has 0 aliphatic rings. The predicted octanol–water partition coefficient (Wildman–Crippen LogP) is 2.30. The number of aryl methyl sites for hydroxylation is 1. The minimum absolute atomic E-state index is 0.00391. The van der Waals surface area contributed by atoms with Gasteiger partial charge in [-0.25, -0.2) is 9.78 Å². The second kappa shape index (κ2) is 8.96. The molecular formula is C18H18ClN3O4. The van der Waals surface area contributed by atoms with Crippen molar-refractivity contribution in [3.05, 3.63) is 58.9 Å². The van der Waals surface area contributed by atoms with Crippen LogP contribution in [-0.4, -0.2) is 47.9 Å². The lowest BCUT2D eigenvalue weighted by Gasteiger charge is -2.17. The van der Waals surface area contributed by atoms with Crippen molar-refractivity contribution < 1.29 is 19.1 Å². The van der Waals surface area contributed by atoms with E-state index >= 15 is 0 Å². The number of carbonyl (C=O) groups excluding carboxylic acids is 3. The summed E-state index contributed by atoms with van der Waals surface area (Å²) in [4.78, 5) is 40.8. The van der Waals surface area contributed by atoms with E-state index in [1.54, 1.807) is 12.1 Å². The van der Waals surface area contributed by atoms with Crippen molar-refractivity contribution in [1.82, 2.24) is 9.88 Å². The molecule has 0 aliphatic heterocycles. The average molecular weight is 376 g/mol. The van der Waals surface area contributed by atoms with E-state index in [1.807, 2.05) is 19.1 Å². The molecule has 0 radical (unpaired) electrons. The number of ether oxygens (including phenoxy) is 1. The molecule has 2 rings (SSSR count). The number of nitrogens with zero attached hydrogens (tertiary/aromatic N) is 2. The molecule has 0 saturated carbocycles. The van der Waals surface area contributed by atoms with Crippen LogP contribution in [0.15, 0.2) is 42.6 Å². The Labute approximate surface area is 155 Å². The molecule has 7 nitrogen and oxygen atoms in total. The first-order valence-electron chi connectivity index (χ1n) is 7.75. The lowest BCUT2D eigenvalue weighted by Crippen LogP contribution is -2.37. The fraction of sp³-hybridized carbons (Fsp3) is 0.222. The minimum atomic E-state index is -0.756. The Morgan fingerprint density at radius 3 is 2.54 bits per heavy atom. The van der Waals surface area contributed by atoms with Gasteiger partial charge in [0.2, 0.25) is 5.91 Å². The molecule has 0 atom stereocenters. The summed E-state index contributed by atoms with van der Waals surface area (Å²) in [6, 6.07) is 10.3. The first kappa shape index (κ1) is 19.4. The number of hydrogen-bond donors (Lipinski definition) is 1. The van der Waals surface area contributed by atoms with Crippen LogP contribution < -0.4 is 5.32 Å². The maximum atomic E-state index is 12.0. The first-order chi connectivity index (χ1) is 12.4. The molecule has 26 heavy (non-hydrogen) atoms. The second-order valence-electron chi connectivity index (χ2n) is 5.58. The third-order valence-corrected chi connectivity index (χ3v) is 3.75. The third-order valence-electron chi connectivity index (χ3n) is 3.45. The van der Waals surface area contributed by atoms with Crippen LogP contribution in [0.5, 0.6) is 0 Å². The summed E-state index contributed by atoms with van der Waals surface area (Å²) in [5.74, 6) is -1.63. The van der Waals surface area contributed by atoms with Gasteiger partial charge in [0.15, 0.2) is 6.61 Å². The number of rotatable bonds is 6. The number of pyridine rings is 1. The van der Waals surface area contributed by atoms with E-state index in [0.717, 1.165) is 5.56 Å². The summed E-state index contributed by atoms with van der Waals surface area (Å²) in [7, 11) is 1.45. The molecule has 0 saturated heterocycles. The number of amides is 2. The summed E-state index contributed by atoms with van der Waals surface area (Å²) in [6.07, 6.45) is 1.44. The van der Waals surface area contributed by atoms with Crippen molar-refractivity contribution in [3.63, 3.8) is 0 Å². The molecule has 0 unspecified atom stereocenters. The molecule has 1 aromatic heterocycles. The van der Waals surface area contributed by atoms with E-state index in [0.29, 0.717) is 5.69 Å². The first-order valence-corrected chi connectivity index (χ1v) is 8.12. The van der Waals surface area contributed by atoms with Gasteiger partial charge in [0.1, 0.15) is 5.15 Å². The normalized spacial score (nSPS) is 10.1. The third kappa shape index (κ3) is 5.56. The maximum absolute atomic E-state index is 12.0. The van der Waals surface area contributed by atoms with Gasteiger partial charge in [-0.1, -0.05) is 29.3 Å². The minimum Gasteiger partial charge on any atom is -0.452 e. The molecule has 1 aromatic carbocycles. The van der Waals surface area contributed by atoms with Gasteiger partial charge in [-0.2, -0.15) is 0 Å². The van der Waals surface area contributed by atoms with Crippen molar-refractivity contribution in [3.8, 4) is 0 Å². The molecule has 1 N–H and O–H groups in total. The van der Waals surface area contributed by atoms with Crippen LogP contribution in [0.1, 0.15) is 15.9 Å². The Hall–Kier alpha value is -2.93. The van der Waals surface area contributed by atoms with Gasteiger partial charge < -0.3 is 15.0 Å². The Morgan fingerprint density at radius 2 is 1.88 bits per heavy atom. The van der Waals surface area contributed by atoms with Crippen molar-refractivity contribution in [1.29, 1.82) is 0 Å². The summed E-state index contributed by atoms with van der Waals surface area (Å²) in [5, 5.41) is 2.68. The highest BCUT2D eigenvalue weighted by atomic mass is 35.5. The van der Waals surface area contributed by atoms with Crippen LogP contribution in [0.2, 0.25) is 5.15 Å². The zero-order valence-electron chi connectivity index (χ0n) is 14.4. The highest BCUT2D eigenvalue weighted by Gasteiger charge is 2.17. The Balaban J connectivity index is 1.81. The van der Waals surface area contributed by atoms with Crippen LogP contribution >= 0.6 is 11.6 Å². The molecule has 2 aromatic rings. The number of esters is 1. The van der Waals surface area contributed by atoms with Crippen molar-refractivity contribution in [2.45, 2.75) is 6.92 Å². The lowest BCUT2D eigenvalue weighted by atomic mass is 10.2. The molecule has 0 aliphatic carbocycles. The highest BCUT2D eigenvalue weighted by Crippen LogP contribution is 2.12. The van der Waals surface area contributed by atoms with Gasteiger partial charge in [-0.3, -0.25) is 9.59 Å². The highest BCUT2D eigenvalue weighted by molar-refractivity contribution is 6.32. The number of likely N-dealkylation sites (N-methyl/N-ethyl adjacent to an activating group) is 1. The second-order valence-corrected chi connectivity index (χ2v) is 5.94. The van der Waals surface area contributed by atoms with Gasteiger partial charge >= 0.3 is 5.97 Å². The van der Waals surface area contributed by atoms with Crippen molar-refractivity contribution in [2.24, 2.45) is 0 Å². The Morgan fingerprint density at radius 1 is 1.19 bits per heavy atom. The lowest BCUT2D eigenvalue weighted by molar-refractivity contribution is -0.136. The SMILES string of the molecule is Cc1ccc(NC(=O)CN(C)C(=O)COC(=O)c2cccnc2Cl)cc1. The van der Waals surface area contributed by atoms with E-state index in [2.05, 4.69) is 10.3 Å². The fourth-order valence-electron chi connectivity index (χ4n) is 1.99. The Bertz CT molecular complexity index is 808. The predicted molar refractivity (Wildman–Crippen MR) is 97.0 cm³/mol. The van der Waals surface area contributed by atoms with Gasteiger partial charge in [0, 0.05) is 18.9 Å². The summed E-state index contributed by atoms with van der Waals surface area (Å²) in [6.45, 7) is 1.27.